The largest absolute Gasteiger partial charge is 0.497 e. The van der Waals surface area contributed by atoms with Crippen molar-refractivity contribution in [2.45, 2.75) is 18.7 Å². The van der Waals surface area contributed by atoms with Crippen LogP contribution < -0.4 is 9.64 Å². The number of piperazine rings is 1. The first-order chi connectivity index (χ1) is 19.3. The maximum atomic E-state index is 13.5. The number of rotatable bonds is 7. The predicted octanol–water partition coefficient (Wildman–Crippen LogP) is 5.89. The molecule has 9 heteroatoms. The summed E-state index contributed by atoms with van der Waals surface area (Å²) in [6, 6.07) is 22.9. The molecule has 2 aliphatic heterocycles. The van der Waals surface area contributed by atoms with Gasteiger partial charge in [0.2, 0.25) is 0 Å². The number of carbonyl (C=O) groups excluding carboxylic acids is 1. The Morgan fingerprint density at radius 2 is 1.65 bits per heavy atom. The number of alkyl halides is 3. The molecule has 0 spiro atoms. The van der Waals surface area contributed by atoms with E-state index in [9.17, 15) is 18.0 Å². The van der Waals surface area contributed by atoms with Gasteiger partial charge in [-0.05, 0) is 35.2 Å². The number of nitrogens with zero attached hydrogens (tertiary/aromatic N) is 3. The Balaban J connectivity index is 1.27. The molecule has 0 radical (unpaired) electrons. The summed E-state index contributed by atoms with van der Waals surface area (Å²) < 4.78 is 51.5. The topological polar surface area (TPSA) is 45.2 Å². The van der Waals surface area contributed by atoms with E-state index in [2.05, 4.69) is 15.9 Å². The van der Waals surface area contributed by atoms with Crippen LogP contribution in [0.2, 0.25) is 0 Å². The summed E-state index contributed by atoms with van der Waals surface area (Å²) in [5.74, 6) is 0.577. The van der Waals surface area contributed by atoms with Crippen LogP contribution in [0.4, 0.5) is 23.7 Å². The van der Waals surface area contributed by atoms with Crippen LogP contribution in [-0.4, -0.2) is 68.8 Å². The molecule has 2 saturated heterocycles. The van der Waals surface area contributed by atoms with Gasteiger partial charge in [-0.1, -0.05) is 54.6 Å². The number of anilines is 1. The zero-order chi connectivity index (χ0) is 28.1. The van der Waals surface area contributed by atoms with Crippen LogP contribution >= 0.6 is 0 Å². The minimum absolute atomic E-state index is 0.0175. The van der Waals surface area contributed by atoms with Crippen LogP contribution in [0.1, 0.15) is 22.6 Å². The Labute approximate surface area is 232 Å². The number of hydrogen-bond donors (Lipinski definition) is 0. The van der Waals surface area contributed by atoms with Crippen molar-refractivity contribution >= 4 is 11.8 Å². The van der Waals surface area contributed by atoms with Crippen molar-refractivity contribution in [3.63, 3.8) is 0 Å². The Kier molecular flexibility index (Phi) is 8.49. The lowest BCUT2D eigenvalue weighted by atomic mass is 9.87. The van der Waals surface area contributed by atoms with Gasteiger partial charge < -0.3 is 19.3 Å². The summed E-state index contributed by atoms with van der Waals surface area (Å²) in [6.07, 6.45) is -4.86. The number of hydrogen-bond acceptors (Lipinski definition) is 5. The van der Waals surface area contributed by atoms with Crippen molar-refractivity contribution in [3.8, 4) is 5.75 Å². The van der Waals surface area contributed by atoms with E-state index >= 15 is 0 Å². The fourth-order valence-corrected chi connectivity index (χ4v) is 5.67. The first-order valence-electron chi connectivity index (χ1n) is 13.5. The zero-order valence-corrected chi connectivity index (χ0v) is 22.5. The number of likely N-dealkylation sites (tertiary alicyclic amines) is 1. The molecule has 0 N–H and O–H groups in total. The van der Waals surface area contributed by atoms with E-state index in [1.54, 1.807) is 18.1 Å². The molecule has 2 fully saturated rings. The van der Waals surface area contributed by atoms with Gasteiger partial charge >= 0.3 is 12.3 Å². The van der Waals surface area contributed by atoms with E-state index in [1.807, 2.05) is 48.5 Å². The zero-order valence-electron chi connectivity index (χ0n) is 22.5. The number of carbonyl (C=O) groups is 1. The van der Waals surface area contributed by atoms with Gasteiger partial charge in [0.1, 0.15) is 12.4 Å². The number of ether oxygens (including phenoxy) is 2. The lowest BCUT2D eigenvalue weighted by molar-refractivity contribution is -0.137. The van der Waals surface area contributed by atoms with E-state index in [1.165, 1.54) is 12.1 Å². The van der Waals surface area contributed by atoms with Crippen molar-refractivity contribution in [2.75, 3.05) is 57.8 Å². The standard InChI is InChI=1S/C31H34F3N3O3/c1-39-28-12-6-11-27(18-28)36-15-13-35(14-16-36)19-25-20-37(30(38)40-22-23-7-3-2-4-8-23)21-29(25)24-9-5-10-26(17-24)31(32,33)34/h2-12,17-18,25,29H,13-16,19-22H2,1H3/t25-,29+/m0/s1. The highest BCUT2D eigenvalue weighted by Gasteiger charge is 2.39. The van der Waals surface area contributed by atoms with Crippen LogP contribution in [0.25, 0.3) is 0 Å². The van der Waals surface area contributed by atoms with Crippen LogP contribution in [0, 0.1) is 5.92 Å². The number of benzene rings is 3. The first kappa shape index (κ1) is 27.8. The summed E-state index contributed by atoms with van der Waals surface area (Å²) >= 11 is 0. The first-order valence-corrected chi connectivity index (χ1v) is 13.5. The predicted molar refractivity (Wildman–Crippen MR) is 148 cm³/mol. The highest BCUT2D eigenvalue weighted by molar-refractivity contribution is 5.68. The highest BCUT2D eigenvalue weighted by Crippen LogP contribution is 2.37. The summed E-state index contributed by atoms with van der Waals surface area (Å²) in [4.78, 5) is 19.3. The molecule has 2 aliphatic rings. The molecule has 3 aromatic carbocycles. The van der Waals surface area contributed by atoms with Crippen molar-refractivity contribution in [2.24, 2.45) is 5.92 Å². The monoisotopic (exact) mass is 553 g/mol. The third-order valence-corrected chi connectivity index (χ3v) is 7.83. The second kappa shape index (κ2) is 12.2. The van der Waals surface area contributed by atoms with Crippen LogP contribution in [-0.2, 0) is 17.5 Å². The SMILES string of the molecule is COc1cccc(N2CCN(C[C@H]3CN(C(=O)OCc4ccccc4)C[C@@H]3c3cccc(C(F)(F)F)c3)CC2)c1. The molecule has 212 valence electrons. The molecule has 0 saturated carbocycles. The molecule has 3 aromatic rings. The molecular formula is C31H34F3N3O3. The molecule has 0 unspecified atom stereocenters. The second-order valence-corrected chi connectivity index (χ2v) is 10.4. The molecular weight excluding hydrogens is 519 g/mol. The van der Waals surface area contributed by atoms with Gasteiger partial charge in [-0.15, -0.1) is 0 Å². The molecule has 0 bridgehead atoms. The maximum absolute atomic E-state index is 13.5. The quantitative estimate of drug-likeness (QED) is 0.365. The fourth-order valence-electron chi connectivity index (χ4n) is 5.67. The summed E-state index contributed by atoms with van der Waals surface area (Å²) in [5, 5.41) is 0. The van der Waals surface area contributed by atoms with Crippen LogP contribution in [0.15, 0.2) is 78.9 Å². The van der Waals surface area contributed by atoms with E-state index in [4.69, 9.17) is 9.47 Å². The van der Waals surface area contributed by atoms with Crippen molar-refractivity contribution in [1.29, 1.82) is 0 Å². The molecule has 5 rings (SSSR count). The maximum Gasteiger partial charge on any atom is 0.416 e. The van der Waals surface area contributed by atoms with Crippen LogP contribution in [0.3, 0.4) is 0 Å². The summed E-state index contributed by atoms with van der Waals surface area (Å²) in [7, 11) is 1.65. The smallest absolute Gasteiger partial charge is 0.416 e. The highest BCUT2D eigenvalue weighted by atomic mass is 19.4. The van der Waals surface area contributed by atoms with E-state index < -0.39 is 17.8 Å². The Hall–Kier alpha value is -3.72. The third-order valence-electron chi connectivity index (χ3n) is 7.83. The molecule has 6 nitrogen and oxygen atoms in total. The normalized spacial score (nSPS) is 20.0. The molecule has 0 aromatic heterocycles. The molecule has 40 heavy (non-hydrogen) atoms. The number of methoxy groups -OCH3 is 1. The summed E-state index contributed by atoms with van der Waals surface area (Å²) in [5.41, 5.74) is 1.93. The van der Waals surface area contributed by atoms with E-state index in [0.29, 0.717) is 25.2 Å². The van der Waals surface area contributed by atoms with Gasteiger partial charge in [0.15, 0.2) is 0 Å². The third kappa shape index (κ3) is 6.70. The van der Waals surface area contributed by atoms with Crippen molar-refractivity contribution < 1.29 is 27.4 Å². The molecule has 0 aliphatic carbocycles. The average Bonchev–Trinajstić information content (AvgIpc) is 3.40. The number of halogens is 3. The molecule has 1 amide bonds. The fraction of sp³-hybridized carbons (Fsp3) is 0.387. The van der Waals surface area contributed by atoms with Crippen molar-refractivity contribution in [3.05, 3.63) is 95.6 Å². The minimum Gasteiger partial charge on any atom is -0.497 e. The van der Waals surface area contributed by atoms with Gasteiger partial charge in [-0.25, -0.2) is 4.79 Å². The van der Waals surface area contributed by atoms with Crippen molar-refractivity contribution in [1.82, 2.24) is 9.80 Å². The lowest BCUT2D eigenvalue weighted by Crippen LogP contribution is -2.48. The Morgan fingerprint density at radius 3 is 2.38 bits per heavy atom. The Morgan fingerprint density at radius 1 is 0.900 bits per heavy atom. The minimum atomic E-state index is -4.42. The Bertz CT molecular complexity index is 1280. The van der Waals surface area contributed by atoms with Gasteiger partial charge in [0.25, 0.3) is 0 Å². The van der Waals surface area contributed by atoms with Gasteiger partial charge in [-0.3, -0.25) is 4.90 Å². The number of amides is 1. The summed E-state index contributed by atoms with van der Waals surface area (Å²) in [6.45, 7) is 4.90. The lowest BCUT2D eigenvalue weighted by Gasteiger charge is -2.38. The van der Waals surface area contributed by atoms with Gasteiger partial charge in [0.05, 0.1) is 12.7 Å². The van der Waals surface area contributed by atoms with Crippen LogP contribution in [0.5, 0.6) is 5.75 Å². The molecule has 2 atom stereocenters. The average molecular weight is 554 g/mol. The van der Waals surface area contributed by atoms with Gasteiger partial charge in [-0.2, -0.15) is 13.2 Å². The second-order valence-electron chi connectivity index (χ2n) is 10.4. The van der Waals surface area contributed by atoms with Gasteiger partial charge in [0, 0.05) is 63.5 Å². The molecule has 2 heterocycles. The van der Waals surface area contributed by atoms with E-state index in [-0.39, 0.29) is 18.4 Å². The van der Waals surface area contributed by atoms with E-state index in [0.717, 1.165) is 49.2 Å².